The van der Waals surface area contributed by atoms with Crippen LogP contribution < -0.4 is 11.1 Å². The molecule has 1 amide bonds. The van der Waals surface area contributed by atoms with E-state index in [1.165, 1.54) is 6.07 Å². The maximum Gasteiger partial charge on any atom is 0.269 e. The number of carbonyl (C=O) groups is 1. The molecule has 1 saturated heterocycles. The molecule has 0 bridgehead atoms. The molecule has 2 rings (SSSR count). The molecule has 1 aliphatic rings. The number of carbonyl (C=O) groups excluding carboxylic acids is 1. The molecule has 4 N–H and O–H groups in total. The summed E-state index contributed by atoms with van der Waals surface area (Å²) in [6.45, 7) is 1.33. The van der Waals surface area contributed by atoms with Crippen LogP contribution in [0.25, 0.3) is 0 Å². The summed E-state index contributed by atoms with van der Waals surface area (Å²) in [5, 5.41) is 9.05. The molecular formula is C10H16N4O2. The topological polar surface area (TPSA) is 93.0 Å². The fraction of sp³-hybridized carbons (Fsp3) is 0.600. The molecule has 1 aromatic heterocycles. The van der Waals surface area contributed by atoms with Gasteiger partial charge in [0.15, 0.2) is 0 Å². The Balaban J connectivity index is 1.79. The van der Waals surface area contributed by atoms with Crippen LogP contribution >= 0.6 is 0 Å². The number of H-pyrrole nitrogens is 1. The normalized spacial score (nSPS) is 20.6. The van der Waals surface area contributed by atoms with E-state index < -0.39 is 0 Å². The van der Waals surface area contributed by atoms with E-state index in [1.807, 2.05) is 0 Å². The number of nitrogen functional groups attached to an aromatic ring is 1. The molecule has 0 saturated carbocycles. The molecule has 0 aliphatic carbocycles. The third-order valence-corrected chi connectivity index (χ3v) is 2.61. The lowest BCUT2D eigenvalue weighted by atomic mass is 10.1. The molecule has 0 aromatic carbocycles. The smallest absolute Gasteiger partial charge is 0.269 e. The van der Waals surface area contributed by atoms with Gasteiger partial charge >= 0.3 is 0 Å². The second kappa shape index (κ2) is 4.98. The average molecular weight is 224 g/mol. The number of nitrogens with zero attached hydrogens (tertiary/aromatic N) is 1. The van der Waals surface area contributed by atoms with Gasteiger partial charge in [0.05, 0.1) is 6.10 Å². The zero-order chi connectivity index (χ0) is 11.4. The predicted octanol–water partition coefficient (Wildman–Crippen LogP) is 0.291. The Morgan fingerprint density at radius 3 is 3.19 bits per heavy atom. The van der Waals surface area contributed by atoms with E-state index in [9.17, 15) is 4.79 Å². The van der Waals surface area contributed by atoms with Gasteiger partial charge in [-0.3, -0.25) is 9.89 Å². The standard InChI is InChI=1S/C10H16N4O2/c11-9-5-8(13-14-9)10(15)12-6-7-3-1-2-4-16-7/h5,7H,1-4,6H2,(H,12,15)(H3,11,13,14). The highest BCUT2D eigenvalue weighted by atomic mass is 16.5. The van der Waals surface area contributed by atoms with Crippen LogP contribution in [0.4, 0.5) is 5.82 Å². The van der Waals surface area contributed by atoms with Crippen molar-refractivity contribution in [1.29, 1.82) is 0 Å². The van der Waals surface area contributed by atoms with Gasteiger partial charge in [-0.15, -0.1) is 0 Å². The van der Waals surface area contributed by atoms with E-state index in [0.29, 0.717) is 18.1 Å². The highest BCUT2D eigenvalue weighted by molar-refractivity contribution is 5.92. The van der Waals surface area contributed by atoms with Gasteiger partial charge < -0.3 is 15.8 Å². The molecular weight excluding hydrogens is 208 g/mol. The molecule has 88 valence electrons. The molecule has 16 heavy (non-hydrogen) atoms. The van der Waals surface area contributed by atoms with Gasteiger partial charge in [-0.05, 0) is 19.3 Å². The van der Waals surface area contributed by atoms with Crippen LogP contribution in [-0.4, -0.2) is 35.4 Å². The molecule has 1 atom stereocenters. The minimum Gasteiger partial charge on any atom is -0.382 e. The summed E-state index contributed by atoms with van der Waals surface area (Å²) in [6.07, 6.45) is 3.42. The van der Waals surface area contributed by atoms with Gasteiger partial charge in [-0.25, -0.2) is 0 Å². The Hall–Kier alpha value is -1.56. The van der Waals surface area contributed by atoms with Crippen molar-refractivity contribution in [3.8, 4) is 0 Å². The summed E-state index contributed by atoms with van der Waals surface area (Å²) in [7, 11) is 0. The van der Waals surface area contributed by atoms with Crippen molar-refractivity contribution in [3.05, 3.63) is 11.8 Å². The summed E-state index contributed by atoms with van der Waals surface area (Å²) in [5.74, 6) is 0.123. The zero-order valence-corrected chi connectivity index (χ0v) is 9.03. The van der Waals surface area contributed by atoms with Gasteiger partial charge in [0.1, 0.15) is 11.5 Å². The average Bonchev–Trinajstić information content (AvgIpc) is 2.74. The van der Waals surface area contributed by atoms with Crippen LogP contribution in [0, 0.1) is 0 Å². The van der Waals surface area contributed by atoms with Crippen molar-refractivity contribution < 1.29 is 9.53 Å². The first-order valence-electron chi connectivity index (χ1n) is 5.46. The lowest BCUT2D eigenvalue weighted by molar-refractivity contribution is 0.0168. The molecule has 1 unspecified atom stereocenters. The predicted molar refractivity (Wildman–Crippen MR) is 58.9 cm³/mol. The van der Waals surface area contributed by atoms with Gasteiger partial charge in [-0.1, -0.05) is 0 Å². The number of hydrogen-bond acceptors (Lipinski definition) is 4. The Bertz CT molecular complexity index is 357. The van der Waals surface area contributed by atoms with E-state index in [0.717, 1.165) is 25.9 Å². The number of rotatable bonds is 3. The van der Waals surface area contributed by atoms with Crippen molar-refractivity contribution in [2.75, 3.05) is 18.9 Å². The van der Waals surface area contributed by atoms with Crippen molar-refractivity contribution in [2.24, 2.45) is 0 Å². The van der Waals surface area contributed by atoms with Gasteiger partial charge in [0.2, 0.25) is 0 Å². The first-order chi connectivity index (χ1) is 7.75. The summed E-state index contributed by atoms with van der Waals surface area (Å²) < 4.78 is 5.50. The van der Waals surface area contributed by atoms with Crippen LogP contribution in [0.2, 0.25) is 0 Å². The second-order valence-corrected chi connectivity index (χ2v) is 3.91. The Morgan fingerprint density at radius 2 is 2.56 bits per heavy atom. The SMILES string of the molecule is Nc1cc(C(=O)NCC2CCCCO2)[nH]n1. The summed E-state index contributed by atoms with van der Waals surface area (Å²) in [4.78, 5) is 11.6. The summed E-state index contributed by atoms with van der Waals surface area (Å²) in [6, 6.07) is 1.51. The second-order valence-electron chi connectivity index (χ2n) is 3.91. The number of nitrogens with two attached hydrogens (primary N) is 1. The molecule has 1 fully saturated rings. The number of nitrogens with one attached hydrogen (secondary N) is 2. The van der Waals surface area contributed by atoms with E-state index in [-0.39, 0.29) is 12.0 Å². The molecule has 2 heterocycles. The van der Waals surface area contributed by atoms with Gasteiger partial charge in [0, 0.05) is 19.2 Å². The number of hydrogen-bond donors (Lipinski definition) is 3. The third-order valence-electron chi connectivity index (χ3n) is 2.61. The number of amides is 1. The highest BCUT2D eigenvalue weighted by Gasteiger charge is 2.15. The number of anilines is 1. The number of aromatic nitrogens is 2. The Labute approximate surface area is 93.5 Å². The van der Waals surface area contributed by atoms with Crippen LogP contribution in [0.15, 0.2) is 6.07 Å². The minimum atomic E-state index is -0.196. The van der Waals surface area contributed by atoms with E-state index >= 15 is 0 Å². The number of aromatic amines is 1. The first-order valence-corrected chi connectivity index (χ1v) is 5.46. The lowest BCUT2D eigenvalue weighted by Crippen LogP contribution is -2.35. The molecule has 6 nitrogen and oxygen atoms in total. The maximum absolute atomic E-state index is 11.6. The fourth-order valence-corrected chi connectivity index (χ4v) is 1.72. The van der Waals surface area contributed by atoms with Gasteiger partial charge in [0.25, 0.3) is 5.91 Å². The Kier molecular flexibility index (Phi) is 3.40. The molecule has 0 spiro atoms. The van der Waals surface area contributed by atoms with Crippen LogP contribution in [0.5, 0.6) is 0 Å². The van der Waals surface area contributed by atoms with Crippen LogP contribution in [0.3, 0.4) is 0 Å². The summed E-state index contributed by atoms with van der Waals surface area (Å²) in [5.41, 5.74) is 5.79. The maximum atomic E-state index is 11.6. The Morgan fingerprint density at radius 1 is 1.69 bits per heavy atom. The highest BCUT2D eigenvalue weighted by Crippen LogP contribution is 2.11. The largest absolute Gasteiger partial charge is 0.382 e. The van der Waals surface area contributed by atoms with E-state index in [4.69, 9.17) is 10.5 Å². The molecule has 6 heteroatoms. The third kappa shape index (κ3) is 2.73. The zero-order valence-electron chi connectivity index (χ0n) is 9.03. The van der Waals surface area contributed by atoms with Crippen LogP contribution in [-0.2, 0) is 4.74 Å². The molecule has 0 radical (unpaired) electrons. The lowest BCUT2D eigenvalue weighted by Gasteiger charge is -2.22. The molecule has 1 aliphatic heterocycles. The first kappa shape index (κ1) is 10.9. The quantitative estimate of drug-likeness (QED) is 0.688. The van der Waals surface area contributed by atoms with Crippen molar-refractivity contribution in [2.45, 2.75) is 25.4 Å². The van der Waals surface area contributed by atoms with E-state index in [1.54, 1.807) is 0 Å². The van der Waals surface area contributed by atoms with Crippen molar-refractivity contribution >= 4 is 11.7 Å². The minimum absolute atomic E-state index is 0.137. The number of ether oxygens (including phenoxy) is 1. The van der Waals surface area contributed by atoms with Crippen molar-refractivity contribution in [3.63, 3.8) is 0 Å². The summed E-state index contributed by atoms with van der Waals surface area (Å²) >= 11 is 0. The van der Waals surface area contributed by atoms with Gasteiger partial charge in [-0.2, -0.15) is 5.10 Å². The monoisotopic (exact) mass is 224 g/mol. The molecule has 1 aromatic rings. The van der Waals surface area contributed by atoms with E-state index in [2.05, 4.69) is 15.5 Å². The van der Waals surface area contributed by atoms with Crippen molar-refractivity contribution in [1.82, 2.24) is 15.5 Å². The van der Waals surface area contributed by atoms with Crippen LogP contribution in [0.1, 0.15) is 29.8 Å². The fourth-order valence-electron chi connectivity index (χ4n) is 1.72.